The molecule has 0 fully saturated rings. The Balaban J connectivity index is 1.80. The Morgan fingerprint density at radius 2 is 1.96 bits per heavy atom. The van der Waals surface area contributed by atoms with E-state index in [1.54, 1.807) is 28.7 Å². The fourth-order valence-electron chi connectivity index (χ4n) is 2.49. The van der Waals surface area contributed by atoms with E-state index < -0.39 is 22.7 Å². The van der Waals surface area contributed by atoms with Crippen molar-refractivity contribution in [1.82, 2.24) is 19.1 Å². The molecular weight excluding hydrogens is 403 g/mol. The Morgan fingerprint density at radius 3 is 2.59 bits per heavy atom. The minimum absolute atomic E-state index is 0.0233. The average molecular weight is 416 g/mol. The van der Waals surface area contributed by atoms with Gasteiger partial charge in [0.2, 0.25) is 10.7 Å². The largest absolute Gasteiger partial charge is 0.417 e. The van der Waals surface area contributed by atoms with Gasteiger partial charge >= 0.3 is 6.18 Å². The van der Waals surface area contributed by atoms with Crippen LogP contribution in [0.4, 0.5) is 18.9 Å². The number of carbonyl (C=O) groups is 1. The van der Waals surface area contributed by atoms with Gasteiger partial charge in [0, 0.05) is 18.1 Å². The summed E-state index contributed by atoms with van der Waals surface area (Å²) in [6.07, 6.45) is -1.09. The summed E-state index contributed by atoms with van der Waals surface area (Å²) in [5, 5.41) is 6.17. The Morgan fingerprint density at radius 1 is 1.30 bits per heavy atom. The van der Waals surface area contributed by atoms with Gasteiger partial charge in [-0.2, -0.15) is 18.3 Å². The number of anilines is 1. The predicted molar refractivity (Wildman–Crippen MR) is 96.1 cm³/mol. The van der Waals surface area contributed by atoms with Gasteiger partial charge in [0.15, 0.2) is 0 Å². The fourth-order valence-corrected chi connectivity index (χ4v) is 3.05. The Labute approximate surface area is 161 Å². The summed E-state index contributed by atoms with van der Waals surface area (Å²) in [6, 6.07) is 6.77. The zero-order valence-electron chi connectivity index (χ0n) is 13.9. The topological polar surface area (TPSA) is 56.8 Å². The van der Waals surface area contributed by atoms with Crippen LogP contribution in [-0.4, -0.2) is 25.0 Å². The van der Waals surface area contributed by atoms with Crippen LogP contribution in [0.5, 0.6) is 0 Å². The van der Waals surface area contributed by atoms with Crippen molar-refractivity contribution >= 4 is 35.4 Å². The van der Waals surface area contributed by atoms with E-state index in [1.165, 1.54) is 10.7 Å². The van der Waals surface area contributed by atoms with Crippen molar-refractivity contribution < 1.29 is 18.0 Å². The molecule has 0 aliphatic carbocycles. The number of halogens is 4. The lowest BCUT2D eigenvalue weighted by Crippen LogP contribution is -2.20. The first-order valence-corrected chi connectivity index (χ1v) is 8.42. The fraction of sp³-hybridized carbons (Fsp3) is 0.188. The molecule has 2 heterocycles. The van der Waals surface area contributed by atoms with E-state index in [4.69, 9.17) is 23.8 Å². The number of amides is 1. The van der Waals surface area contributed by atoms with E-state index in [2.05, 4.69) is 10.4 Å². The number of nitrogens with one attached hydrogen (secondary N) is 1. The van der Waals surface area contributed by atoms with E-state index in [0.717, 1.165) is 12.1 Å². The molecule has 1 aromatic carbocycles. The molecule has 0 saturated carbocycles. The molecule has 0 bridgehead atoms. The van der Waals surface area contributed by atoms with E-state index in [0.29, 0.717) is 5.82 Å². The minimum Gasteiger partial charge on any atom is -0.324 e. The summed E-state index contributed by atoms with van der Waals surface area (Å²) in [5.41, 5.74) is -1.05. The summed E-state index contributed by atoms with van der Waals surface area (Å²) in [7, 11) is 0. The lowest BCUT2D eigenvalue weighted by atomic mass is 10.2. The van der Waals surface area contributed by atoms with Crippen LogP contribution in [0.1, 0.15) is 11.4 Å². The minimum atomic E-state index is -4.62. The molecule has 11 heteroatoms. The summed E-state index contributed by atoms with van der Waals surface area (Å²) < 4.78 is 43.6. The van der Waals surface area contributed by atoms with Gasteiger partial charge in [-0.25, -0.2) is 9.36 Å². The van der Waals surface area contributed by atoms with Crippen LogP contribution < -0.4 is 5.32 Å². The van der Waals surface area contributed by atoms with Crippen molar-refractivity contribution in [3.8, 4) is 0 Å². The van der Waals surface area contributed by atoms with E-state index in [9.17, 15) is 18.0 Å². The third-order valence-electron chi connectivity index (χ3n) is 3.64. The molecule has 1 N–H and O–H groups in total. The molecule has 0 aliphatic heterocycles. The number of benzene rings is 1. The number of rotatable bonds is 4. The smallest absolute Gasteiger partial charge is 0.324 e. The molecule has 27 heavy (non-hydrogen) atoms. The summed E-state index contributed by atoms with van der Waals surface area (Å²) in [6.45, 7) is 1.47. The second kappa shape index (κ2) is 7.20. The molecule has 0 saturated heterocycles. The van der Waals surface area contributed by atoms with Gasteiger partial charge in [-0.1, -0.05) is 11.6 Å². The van der Waals surface area contributed by atoms with Crippen molar-refractivity contribution in [2.24, 2.45) is 0 Å². The van der Waals surface area contributed by atoms with Gasteiger partial charge in [0.05, 0.1) is 10.6 Å². The van der Waals surface area contributed by atoms with Crippen molar-refractivity contribution in [3.63, 3.8) is 0 Å². The maximum Gasteiger partial charge on any atom is 0.417 e. The van der Waals surface area contributed by atoms with Crippen LogP contribution in [0.3, 0.4) is 0 Å². The van der Waals surface area contributed by atoms with Crippen molar-refractivity contribution in [2.45, 2.75) is 19.6 Å². The SMILES string of the molecule is Cc1nn(CC(=O)Nc2ccc(Cl)c(C(F)(F)F)c2)c(=S)n1-n1cccc1. The monoisotopic (exact) mass is 415 g/mol. The Kier molecular flexibility index (Phi) is 5.11. The second-order valence-electron chi connectivity index (χ2n) is 5.60. The zero-order valence-corrected chi connectivity index (χ0v) is 15.4. The number of aromatic nitrogens is 4. The summed E-state index contributed by atoms with van der Waals surface area (Å²) in [5.74, 6) is -0.0199. The molecule has 0 spiro atoms. The standard InChI is InChI=1S/C16H13ClF3N5OS/c1-10-22-24(15(27)25(10)23-6-2-3-7-23)9-14(26)21-11-4-5-13(17)12(8-11)16(18,19)20/h2-8H,9H2,1H3,(H,21,26). The van der Waals surface area contributed by atoms with Gasteiger partial charge < -0.3 is 5.32 Å². The highest BCUT2D eigenvalue weighted by molar-refractivity contribution is 7.71. The van der Waals surface area contributed by atoms with Gasteiger partial charge in [-0.3, -0.25) is 9.47 Å². The van der Waals surface area contributed by atoms with Crippen molar-refractivity contribution in [2.75, 3.05) is 5.32 Å². The molecule has 3 aromatic rings. The highest BCUT2D eigenvalue weighted by Crippen LogP contribution is 2.36. The van der Waals surface area contributed by atoms with Gasteiger partial charge in [-0.05, 0) is 49.5 Å². The van der Waals surface area contributed by atoms with Crippen LogP contribution in [0, 0.1) is 11.7 Å². The third-order valence-corrected chi connectivity index (χ3v) is 4.36. The normalized spacial score (nSPS) is 11.6. The molecule has 0 radical (unpaired) electrons. The Bertz CT molecular complexity index is 1040. The van der Waals surface area contributed by atoms with Crippen LogP contribution in [0.15, 0.2) is 42.7 Å². The number of carbonyl (C=O) groups excluding carboxylic acids is 1. The highest BCUT2D eigenvalue weighted by Gasteiger charge is 2.33. The highest BCUT2D eigenvalue weighted by atomic mass is 35.5. The van der Waals surface area contributed by atoms with Crippen molar-refractivity contribution in [1.29, 1.82) is 0 Å². The van der Waals surface area contributed by atoms with Gasteiger partial charge in [0.1, 0.15) is 12.4 Å². The van der Waals surface area contributed by atoms with Crippen LogP contribution in [0.2, 0.25) is 5.02 Å². The van der Waals surface area contributed by atoms with Gasteiger partial charge in [-0.15, -0.1) is 0 Å². The average Bonchev–Trinajstić information content (AvgIpc) is 3.17. The molecule has 3 rings (SSSR count). The number of aryl methyl sites for hydroxylation is 1. The maximum absolute atomic E-state index is 12.9. The number of hydrogen-bond acceptors (Lipinski definition) is 3. The first-order valence-electron chi connectivity index (χ1n) is 7.63. The molecule has 0 atom stereocenters. The second-order valence-corrected chi connectivity index (χ2v) is 6.38. The van der Waals surface area contributed by atoms with Crippen LogP contribution in [-0.2, 0) is 17.5 Å². The molecule has 142 valence electrons. The first kappa shape index (κ1) is 19.2. The summed E-state index contributed by atoms with van der Waals surface area (Å²) >= 11 is 10.9. The molecular formula is C16H13ClF3N5OS. The number of alkyl halides is 3. The van der Waals surface area contributed by atoms with E-state index in [-0.39, 0.29) is 17.0 Å². The molecule has 6 nitrogen and oxygen atoms in total. The molecule has 0 aliphatic rings. The Hall–Kier alpha value is -2.59. The maximum atomic E-state index is 12.9. The van der Waals surface area contributed by atoms with E-state index in [1.807, 2.05) is 12.1 Å². The van der Waals surface area contributed by atoms with Gasteiger partial charge in [0.25, 0.3) is 0 Å². The lowest BCUT2D eigenvalue weighted by molar-refractivity contribution is -0.137. The molecule has 1 amide bonds. The predicted octanol–water partition coefficient (Wildman–Crippen LogP) is 4.15. The number of nitrogens with zero attached hydrogens (tertiary/aromatic N) is 4. The summed E-state index contributed by atoms with van der Waals surface area (Å²) in [4.78, 5) is 12.2. The van der Waals surface area contributed by atoms with Crippen LogP contribution >= 0.6 is 23.8 Å². The van der Waals surface area contributed by atoms with Crippen molar-refractivity contribution in [3.05, 3.63) is 63.9 Å². The number of hydrogen-bond donors (Lipinski definition) is 1. The first-order chi connectivity index (χ1) is 12.7. The third kappa shape index (κ3) is 4.06. The lowest BCUT2D eigenvalue weighted by Gasteiger charge is -2.11. The van der Waals surface area contributed by atoms with Crippen LogP contribution in [0.25, 0.3) is 0 Å². The quantitative estimate of drug-likeness (QED) is 0.651. The molecule has 2 aromatic heterocycles. The molecule has 0 unspecified atom stereocenters. The van der Waals surface area contributed by atoms with E-state index >= 15 is 0 Å². The zero-order chi connectivity index (χ0) is 19.8.